The smallest absolute Gasteiger partial charge is 0.267 e. The maximum atomic E-state index is 12.0. The van der Waals surface area contributed by atoms with Crippen LogP contribution in [0.4, 0.5) is 5.69 Å². The highest BCUT2D eigenvalue weighted by molar-refractivity contribution is 6.45. The van der Waals surface area contributed by atoms with Crippen molar-refractivity contribution in [2.45, 2.75) is 0 Å². The van der Waals surface area contributed by atoms with Gasteiger partial charge in [-0.2, -0.15) is 0 Å². The number of anilines is 1. The molecule has 2 rings (SSSR count). The van der Waals surface area contributed by atoms with Crippen molar-refractivity contribution in [1.82, 2.24) is 0 Å². The second-order valence-electron chi connectivity index (χ2n) is 4.27. The second kappa shape index (κ2) is 6.72. The van der Waals surface area contributed by atoms with Gasteiger partial charge in [0, 0.05) is 0 Å². The molecular formula is C16H13ClN2O2. The molecule has 0 saturated carbocycles. The average molecular weight is 301 g/mol. The topological polar surface area (TPSA) is 72.2 Å². The number of hydrogen-bond acceptors (Lipinski definition) is 2. The lowest BCUT2D eigenvalue weighted by Gasteiger charge is -2.08. The summed E-state index contributed by atoms with van der Waals surface area (Å²) in [4.78, 5) is 23.3. The van der Waals surface area contributed by atoms with E-state index in [2.05, 4.69) is 5.32 Å². The number of rotatable bonds is 4. The average Bonchev–Trinajstić information content (AvgIpc) is 2.48. The van der Waals surface area contributed by atoms with E-state index in [0.29, 0.717) is 5.69 Å². The van der Waals surface area contributed by atoms with Gasteiger partial charge in [0.1, 0.15) is 5.03 Å². The number of halogens is 1. The van der Waals surface area contributed by atoms with E-state index >= 15 is 0 Å². The van der Waals surface area contributed by atoms with Crippen molar-refractivity contribution in [3.63, 3.8) is 0 Å². The Labute approximate surface area is 127 Å². The standard InChI is InChI=1S/C16H13ClN2O2/c17-13(10-11-6-2-1-3-7-11)16(21)19-14-9-5-4-8-12(14)15(18)20/h1-10H,(H2,18,20)(H,19,21)/b13-10+. The van der Waals surface area contributed by atoms with Crippen LogP contribution in [0.25, 0.3) is 6.08 Å². The van der Waals surface area contributed by atoms with E-state index in [0.717, 1.165) is 5.56 Å². The number of carbonyl (C=O) groups is 2. The predicted molar refractivity (Wildman–Crippen MR) is 83.9 cm³/mol. The van der Waals surface area contributed by atoms with E-state index < -0.39 is 11.8 Å². The van der Waals surface area contributed by atoms with Gasteiger partial charge in [-0.25, -0.2) is 0 Å². The summed E-state index contributed by atoms with van der Waals surface area (Å²) in [6.07, 6.45) is 1.55. The van der Waals surface area contributed by atoms with Gasteiger partial charge in [0.25, 0.3) is 11.8 Å². The van der Waals surface area contributed by atoms with Gasteiger partial charge in [0.15, 0.2) is 0 Å². The molecule has 0 aliphatic carbocycles. The molecule has 0 atom stereocenters. The Hall–Kier alpha value is -2.59. The molecule has 0 aromatic heterocycles. The second-order valence-corrected chi connectivity index (χ2v) is 4.67. The SMILES string of the molecule is NC(=O)c1ccccc1NC(=O)/C(Cl)=C\c1ccccc1. The number of carbonyl (C=O) groups excluding carboxylic acids is 2. The Bertz CT molecular complexity index is 696. The zero-order chi connectivity index (χ0) is 15.2. The van der Waals surface area contributed by atoms with Gasteiger partial charge in [0.05, 0.1) is 11.3 Å². The molecule has 0 bridgehead atoms. The number of primary amides is 1. The lowest BCUT2D eigenvalue weighted by atomic mass is 10.1. The Balaban J connectivity index is 2.19. The van der Waals surface area contributed by atoms with Crippen molar-refractivity contribution in [3.05, 3.63) is 70.8 Å². The van der Waals surface area contributed by atoms with Crippen molar-refractivity contribution in [1.29, 1.82) is 0 Å². The summed E-state index contributed by atoms with van der Waals surface area (Å²) in [7, 11) is 0. The molecule has 0 saturated heterocycles. The highest BCUT2D eigenvalue weighted by atomic mass is 35.5. The highest BCUT2D eigenvalue weighted by Gasteiger charge is 2.12. The van der Waals surface area contributed by atoms with E-state index in [-0.39, 0.29) is 10.6 Å². The molecule has 0 aliphatic heterocycles. The molecule has 0 radical (unpaired) electrons. The molecular weight excluding hydrogens is 288 g/mol. The van der Waals surface area contributed by atoms with E-state index in [1.54, 1.807) is 24.3 Å². The number of hydrogen-bond donors (Lipinski definition) is 2. The molecule has 106 valence electrons. The van der Waals surface area contributed by atoms with Gasteiger partial charge in [-0.05, 0) is 23.8 Å². The van der Waals surface area contributed by atoms with E-state index in [1.165, 1.54) is 6.07 Å². The fourth-order valence-electron chi connectivity index (χ4n) is 1.75. The van der Waals surface area contributed by atoms with Crippen LogP contribution in [-0.4, -0.2) is 11.8 Å². The van der Waals surface area contributed by atoms with Gasteiger partial charge in [-0.1, -0.05) is 54.1 Å². The van der Waals surface area contributed by atoms with E-state index in [4.69, 9.17) is 17.3 Å². The predicted octanol–water partition coefficient (Wildman–Crippen LogP) is 3.00. The van der Waals surface area contributed by atoms with Crippen LogP contribution in [0.5, 0.6) is 0 Å². The van der Waals surface area contributed by atoms with Gasteiger partial charge >= 0.3 is 0 Å². The first-order chi connectivity index (χ1) is 10.1. The normalized spacial score (nSPS) is 11.0. The summed E-state index contributed by atoms with van der Waals surface area (Å²) in [6.45, 7) is 0. The van der Waals surface area contributed by atoms with Gasteiger partial charge in [-0.15, -0.1) is 0 Å². The summed E-state index contributed by atoms with van der Waals surface area (Å²) in [5.74, 6) is -1.12. The van der Waals surface area contributed by atoms with Gasteiger partial charge in [0.2, 0.25) is 0 Å². The maximum absolute atomic E-state index is 12.0. The monoisotopic (exact) mass is 300 g/mol. The molecule has 3 N–H and O–H groups in total. The Morgan fingerprint density at radius 3 is 2.29 bits per heavy atom. The summed E-state index contributed by atoms with van der Waals surface area (Å²) < 4.78 is 0. The highest BCUT2D eigenvalue weighted by Crippen LogP contribution is 2.17. The fraction of sp³-hybridized carbons (Fsp3) is 0. The van der Waals surface area contributed by atoms with E-state index in [1.807, 2.05) is 30.3 Å². The third-order valence-corrected chi connectivity index (χ3v) is 3.03. The Morgan fingerprint density at radius 2 is 1.62 bits per heavy atom. The minimum absolute atomic E-state index is 0.0143. The van der Waals surface area contributed by atoms with Crippen LogP contribution in [-0.2, 0) is 4.79 Å². The molecule has 2 aromatic rings. The quantitative estimate of drug-likeness (QED) is 0.852. The maximum Gasteiger partial charge on any atom is 0.267 e. The molecule has 21 heavy (non-hydrogen) atoms. The number of amides is 2. The van der Waals surface area contributed by atoms with Crippen LogP contribution >= 0.6 is 11.6 Å². The van der Waals surface area contributed by atoms with Crippen molar-refractivity contribution in [2.75, 3.05) is 5.32 Å². The molecule has 0 fully saturated rings. The number of benzene rings is 2. The molecule has 0 heterocycles. The lowest BCUT2D eigenvalue weighted by molar-refractivity contribution is -0.112. The Morgan fingerprint density at radius 1 is 1.00 bits per heavy atom. The lowest BCUT2D eigenvalue weighted by Crippen LogP contribution is -2.18. The summed E-state index contributed by atoms with van der Waals surface area (Å²) in [5, 5.41) is 2.59. The first-order valence-corrected chi connectivity index (χ1v) is 6.58. The zero-order valence-corrected chi connectivity index (χ0v) is 11.8. The van der Waals surface area contributed by atoms with Crippen molar-refractivity contribution in [2.24, 2.45) is 5.73 Å². The van der Waals surface area contributed by atoms with Crippen LogP contribution in [0.15, 0.2) is 59.6 Å². The largest absolute Gasteiger partial charge is 0.366 e. The van der Waals surface area contributed by atoms with Crippen molar-refractivity contribution >= 4 is 35.2 Å². The molecule has 0 spiro atoms. The molecule has 0 aliphatic rings. The van der Waals surface area contributed by atoms with Gasteiger partial charge < -0.3 is 11.1 Å². The third-order valence-electron chi connectivity index (χ3n) is 2.75. The van der Waals surface area contributed by atoms with Gasteiger partial charge in [-0.3, -0.25) is 9.59 Å². The number of para-hydroxylation sites is 1. The first-order valence-electron chi connectivity index (χ1n) is 6.20. The first kappa shape index (κ1) is 14.8. The molecule has 2 aromatic carbocycles. The summed E-state index contributed by atoms with van der Waals surface area (Å²) >= 11 is 5.98. The summed E-state index contributed by atoms with van der Waals surface area (Å²) in [6, 6.07) is 15.7. The minimum atomic E-state index is -0.617. The number of nitrogens with two attached hydrogens (primary N) is 1. The van der Waals surface area contributed by atoms with Crippen LogP contribution < -0.4 is 11.1 Å². The van der Waals surface area contributed by atoms with Crippen LogP contribution in [0.1, 0.15) is 15.9 Å². The molecule has 4 nitrogen and oxygen atoms in total. The van der Waals surface area contributed by atoms with Crippen LogP contribution in [0.2, 0.25) is 0 Å². The molecule has 5 heteroatoms. The van der Waals surface area contributed by atoms with Crippen LogP contribution in [0.3, 0.4) is 0 Å². The van der Waals surface area contributed by atoms with E-state index in [9.17, 15) is 9.59 Å². The van der Waals surface area contributed by atoms with Crippen molar-refractivity contribution < 1.29 is 9.59 Å². The van der Waals surface area contributed by atoms with Crippen LogP contribution in [0, 0.1) is 0 Å². The fourth-order valence-corrected chi connectivity index (χ4v) is 1.92. The third kappa shape index (κ3) is 3.94. The van der Waals surface area contributed by atoms with Crippen molar-refractivity contribution in [3.8, 4) is 0 Å². The molecule has 2 amide bonds. The molecule has 0 unspecified atom stereocenters. The summed E-state index contributed by atoms with van der Waals surface area (Å²) in [5.41, 5.74) is 6.62. The number of nitrogens with one attached hydrogen (secondary N) is 1. The Kier molecular flexibility index (Phi) is 4.74. The zero-order valence-electron chi connectivity index (χ0n) is 11.0. The minimum Gasteiger partial charge on any atom is -0.366 e.